The summed E-state index contributed by atoms with van der Waals surface area (Å²) >= 11 is 7.78. The topological polar surface area (TPSA) is 29.3 Å². The minimum absolute atomic E-state index is 0.146. The monoisotopic (exact) mass is 314 g/mol. The molecular weight excluding hydrogens is 288 g/mol. The molecule has 2 heterocycles. The third kappa shape index (κ3) is 4.20. The normalized spacial score (nSPS) is 24.3. The van der Waals surface area contributed by atoms with Gasteiger partial charge < -0.3 is 5.73 Å². The highest BCUT2D eigenvalue weighted by Gasteiger charge is 2.27. The maximum atomic E-state index is 6.28. The first-order valence-electron chi connectivity index (χ1n) is 7.86. The van der Waals surface area contributed by atoms with Crippen molar-refractivity contribution in [1.29, 1.82) is 0 Å². The zero-order chi connectivity index (χ0) is 14.5. The summed E-state index contributed by atoms with van der Waals surface area (Å²) in [5.41, 5.74) is 6.28. The van der Waals surface area contributed by atoms with Crippen molar-refractivity contribution >= 4 is 22.9 Å². The van der Waals surface area contributed by atoms with Crippen LogP contribution in [0.4, 0.5) is 0 Å². The summed E-state index contributed by atoms with van der Waals surface area (Å²) in [5.74, 6) is 0.908. The number of nitrogens with zero attached hydrogens (tertiary/aromatic N) is 1. The quantitative estimate of drug-likeness (QED) is 0.854. The zero-order valence-electron chi connectivity index (χ0n) is 12.6. The van der Waals surface area contributed by atoms with Crippen LogP contribution >= 0.6 is 22.9 Å². The van der Waals surface area contributed by atoms with Crippen molar-refractivity contribution in [3.8, 4) is 0 Å². The zero-order valence-corrected chi connectivity index (χ0v) is 14.2. The highest BCUT2D eigenvalue weighted by Crippen LogP contribution is 2.34. The highest BCUT2D eigenvalue weighted by molar-refractivity contribution is 7.16. The summed E-state index contributed by atoms with van der Waals surface area (Å²) in [6.45, 7) is 6.75. The van der Waals surface area contributed by atoms with Crippen molar-refractivity contribution < 1.29 is 0 Å². The number of thiophene rings is 1. The Labute approximate surface area is 132 Å². The van der Waals surface area contributed by atoms with Gasteiger partial charge in [-0.05, 0) is 57.3 Å². The minimum atomic E-state index is 0.146. The molecule has 1 saturated heterocycles. The van der Waals surface area contributed by atoms with E-state index < -0.39 is 0 Å². The number of rotatable bonds is 5. The molecule has 2 rings (SSSR count). The maximum Gasteiger partial charge on any atom is 0.0931 e. The van der Waals surface area contributed by atoms with Gasteiger partial charge in [0, 0.05) is 10.9 Å². The molecular formula is C16H27ClN2S. The van der Waals surface area contributed by atoms with E-state index >= 15 is 0 Å². The number of likely N-dealkylation sites (tertiary alicyclic amines) is 1. The van der Waals surface area contributed by atoms with Gasteiger partial charge in [-0.3, -0.25) is 4.90 Å². The van der Waals surface area contributed by atoms with Crippen LogP contribution in [0.2, 0.25) is 4.34 Å². The molecule has 2 N–H and O–H groups in total. The molecule has 1 aliphatic heterocycles. The van der Waals surface area contributed by atoms with Gasteiger partial charge in [0.2, 0.25) is 0 Å². The number of halogens is 1. The summed E-state index contributed by atoms with van der Waals surface area (Å²) < 4.78 is 0.865. The van der Waals surface area contributed by atoms with E-state index in [1.807, 2.05) is 6.07 Å². The van der Waals surface area contributed by atoms with Crippen LogP contribution in [-0.4, -0.2) is 24.0 Å². The highest BCUT2D eigenvalue weighted by atomic mass is 35.5. The molecule has 0 spiro atoms. The lowest BCUT2D eigenvalue weighted by molar-refractivity contribution is 0.183. The Kier molecular flexibility index (Phi) is 6.34. The molecule has 4 heteroatoms. The summed E-state index contributed by atoms with van der Waals surface area (Å²) in [4.78, 5) is 3.90. The molecule has 1 aromatic rings. The molecule has 0 amide bonds. The smallest absolute Gasteiger partial charge is 0.0931 e. The lowest BCUT2D eigenvalue weighted by atomic mass is 9.96. The van der Waals surface area contributed by atoms with Crippen LogP contribution < -0.4 is 5.73 Å². The van der Waals surface area contributed by atoms with Gasteiger partial charge in [-0.1, -0.05) is 31.4 Å². The second kappa shape index (κ2) is 7.79. The Morgan fingerprint density at radius 1 is 1.40 bits per heavy atom. The van der Waals surface area contributed by atoms with E-state index in [9.17, 15) is 0 Å². The van der Waals surface area contributed by atoms with E-state index in [0.29, 0.717) is 6.04 Å². The van der Waals surface area contributed by atoms with E-state index in [0.717, 1.165) is 10.3 Å². The Morgan fingerprint density at radius 3 is 2.80 bits per heavy atom. The van der Waals surface area contributed by atoms with Gasteiger partial charge in [-0.25, -0.2) is 0 Å². The Hall–Kier alpha value is -0.0900. The summed E-state index contributed by atoms with van der Waals surface area (Å²) in [7, 11) is 0. The average Bonchev–Trinajstić information content (AvgIpc) is 2.68. The van der Waals surface area contributed by atoms with Gasteiger partial charge >= 0.3 is 0 Å². The van der Waals surface area contributed by atoms with Crippen LogP contribution in [0.25, 0.3) is 0 Å². The largest absolute Gasteiger partial charge is 0.326 e. The molecule has 0 bridgehead atoms. The molecule has 3 atom stereocenters. The lowest BCUT2D eigenvalue weighted by Gasteiger charge is -2.32. The van der Waals surface area contributed by atoms with Crippen molar-refractivity contribution in [2.45, 2.75) is 58.0 Å². The van der Waals surface area contributed by atoms with Crippen LogP contribution in [0.1, 0.15) is 56.9 Å². The van der Waals surface area contributed by atoms with Gasteiger partial charge in [0.05, 0.1) is 10.4 Å². The van der Waals surface area contributed by atoms with Crippen LogP contribution in [0.3, 0.4) is 0 Å². The third-order valence-electron chi connectivity index (χ3n) is 4.36. The van der Waals surface area contributed by atoms with Gasteiger partial charge in [0.1, 0.15) is 0 Å². The van der Waals surface area contributed by atoms with E-state index in [4.69, 9.17) is 17.3 Å². The molecule has 2 nitrogen and oxygen atoms in total. The third-order valence-corrected chi connectivity index (χ3v) is 5.66. The van der Waals surface area contributed by atoms with Crippen molar-refractivity contribution in [2.24, 2.45) is 11.7 Å². The molecule has 0 aliphatic carbocycles. The summed E-state index contributed by atoms with van der Waals surface area (Å²) in [6.07, 6.45) is 6.67. The standard InChI is InChI=1S/C16H27ClN2S/c1-3-5-13-6-4-10-19(11-9-13)16(12(2)18)14-7-8-15(17)20-14/h7-8,12-13,16H,3-6,9-11,18H2,1-2H3. The van der Waals surface area contributed by atoms with Crippen LogP contribution in [0, 0.1) is 5.92 Å². The first-order valence-corrected chi connectivity index (χ1v) is 9.06. The fraction of sp³-hybridized carbons (Fsp3) is 0.750. The van der Waals surface area contributed by atoms with Gasteiger partial charge in [0.25, 0.3) is 0 Å². The van der Waals surface area contributed by atoms with Crippen LogP contribution in [0.5, 0.6) is 0 Å². The SMILES string of the molecule is CCCC1CCCN(C(c2ccc(Cl)s2)C(C)N)CC1. The first-order chi connectivity index (χ1) is 9.61. The minimum Gasteiger partial charge on any atom is -0.326 e. The molecule has 20 heavy (non-hydrogen) atoms. The van der Waals surface area contributed by atoms with Gasteiger partial charge in [-0.15, -0.1) is 11.3 Å². The van der Waals surface area contributed by atoms with E-state index in [1.54, 1.807) is 11.3 Å². The van der Waals surface area contributed by atoms with Gasteiger partial charge in [-0.2, -0.15) is 0 Å². The van der Waals surface area contributed by atoms with Crippen LogP contribution in [0.15, 0.2) is 12.1 Å². The van der Waals surface area contributed by atoms with Crippen molar-refractivity contribution in [3.05, 3.63) is 21.3 Å². The predicted octanol–water partition coefficient (Wildman–Crippen LogP) is 4.69. The molecule has 1 aliphatic rings. The van der Waals surface area contributed by atoms with E-state index in [2.05, 4.69) is 24.8 Å². The summed E-state index contributed by atoms with van der Waals surface area (Å²) in [6, 6.07) is 4.62. The molecule has 1 fully saturated rings. The van der Waals surface area contributed by atoms with Crippen molar-refractivity contribution in [1.82, 2.24) is 4.90 Å². The van der Waals surface area contributed by atoms with Crippen LogP contribution in [-0.2, 0) is 0 Å². The second-order valence-electron chi connectivity index (χ2n) is 6.07. The molecule has 1 aromatic heterocycles. The average molecular weight is 315 g/mol. The second-order valence-corrected chi connectivity index (χ2v) is 7.81. The van der Waals surface area contributed by atoms with E-state index in [1.165, 1.54) is 50.1 Å². The number of hydrogen-bond donors (Lipinski definition) is 1. The number of hydrogen-bond acceptors (Lipinski definition) is 3. The predicted molar refractivity (Wildman–Crippen MR) is 89.5 cm³/mol. The van der Waals surface area contributed by atoms with Crippen molar-refractivity contribution in [2.75, 3.05) is 13.1 Å². The molecule has 3 unspecified atom stereocenters. The van der Waals surface area contributed by atoms with E-state index in [-0.39, 0.29) is 6.04 Å². The number of nitrogens with two attached hydrogens (primary N) is 1. The Morgan fingerprint density at radius 2 is 2.20 bits per heavy atom. The molecule has 0 radical (unpaired) electrons. The fourth-order valence-corrected chi connectivity index (χ4v) is 4.73. The molecule has 114 valence electrons. The lowest BCUT2D eigenvalue weighted by Crippen LogP contribution is -2.39. The Balaban J connectivity index is 2.06. The van der Waals surface area contributed by atoms with Gasteiger partial charge in [0.15, 0.2) is 0 Å². The first kappa shape index (κ1) is 16.3. The molecule has 0 saturated carbocycles. The molecule has 0 aromatic carbocycles. The van der Waals surface area contributed by atoms with Crippen molar-refractivity contribution in [3.63, 3.8) is 0 Å². The Bertz CT molecular complexity index is 405. The fourth-order valence-electron chi connectivity index (χ4n) is 3.42. The maximum absolute atomic E-state index is 6.28. The summed E-state index contributed by atoms with van der Waals surface area (Å²) in [5, 5.41) is 0.